The van der Waals surface area contributed by atoms with E-state index in [1.54, 1.807) is 48.5 Å². The lowest BCUT2D eigenvalue weighted by atomic mass is 10.0. The van der Waals surface area contributed by atoms with Gasteiger partial charge in [-0.05, 0) is 83.9 Å². The number of carboxylic acid groups (broad SMARTS) is 1. The molecule has 10 heteroatoms. The SMILES string of the molecule is O=C(O)c1ccc(-c2cccc(S(=O)(=O)NC(=O)c3cc4cc(Sc5ccc(F)cc5)ccc4[nH]3)c2)cc1. The van der Waals surface area contributed by atoms with Gasteiger partial charge in [-0.25, -0.2) is 22.3 Å². The van der Waals surface area contributed by atoms with Crippen LogP contribution in [-0.2, 0) is 10.0 Å². The number of aromatic nitrogens is 1. The van der Waals surface area contributed by atoms with Crippen LogP contribution in [0.4, 0.5) is 4.39 Å². The Kier molecular flexibility index (Phi) is 6.75. The second-order valence-electron chi connectivity index (χ2n) is 8.33. The standard InChI is InChI=1S/C28H19FN2O5S2/c29-21-8-10-22(11-9-21)37-23-12-13-25-20(14-23)16-26(30-25)27(32)31-38(35,36)24-3-1-2-19(15-24)17-4-6-18(7-5-17)28(33)34/h1-16,30H,(H,31,32)(H,33,34). The first-order chi connectivity index (χ1) is 18.2. The molecule has 4 aromatic carbocycles. The van der Waals surface area contributed by atoms with Gasteiger partial charge in [0.25, 0.3) is 15.9 Å². The van der Waals surface area contributed by atoms with Crippen LogP contribution in [0.15, 0.2) is 112 Å². The summed E-state index contributed by atoms with van der Waals surface area (Å²) in [5.41, 5.74) is 2.03. The summed E-state index contributed by atoms with van der Waals surface area (Å²) in [4.78, 5) is 28.5. The fourth-order valence-electron chi connectivity index (χ4n) is 3.82. The van der Waals surface area contributed by atoms with Crippen LogP contribution in [0.3, 0.4) is 0 Å². The van der Waals surface area contributed by atoms with Crippen molar-refractivity contribution in [3.63, 3.8) is 0 Å². The topological polar surface area (TPSA) is 116 Å². The number of hydrogen-bond donors (Lipinski definition) is 3. The van der Waals surface area contributed by atoms with Gasteiger partial charge in [0.2, 0.25) is 0 Å². The first kappa shape index (κ1) is 25.2. The number of carbonyl (C=O) groups excluding carboxylic acids is 1. The molecule has 38 heavy (non-hydrogen) atoms. The highest BCUT2D eigenvalue weighted by Crippen LogP contribution is 2.30. The Morgan fingerprint density at radius 2 is 1.53 bits per heavy atom. The zero-order valence-corrected chi connectivity index (χ0v) is 21.1. The van der Waals surface area contributed by atoms with Crippen molar-refractivity contribution in [3.8, 4) is 11.1 Å². The van der Waals surface area contributed by atoms with Crippen LogP contribution in [0.25, 0.3) is 22.0 Å². The summed E-state index contributed by atoms with van der Waals surface area (Å²) >= 11 is 1.43. The Balaban J connectivity index is 1.34. The smallest absolute Gasteiger partial charge is 0.335 e. The maximum atomic E-state index is 13.2. The first-order valence-corrected chi connectivity index (χ1v) is 13.5. The molecule has 0 aliphatic carbocycles. The summed E-state index contributed by atoms with van der Waals surface area (Å²) in [6.07, 6.45) is 0. The molecule has 0 spiro atoms. The normalized spacial score (nSPS) is 11.4. The van der Waals surface area contributed by atoms with Crippen molar-refractivity contribution in [1.29, 1.82) is 0 Å². The van der Waals surface area contributed by atoms with Crippen molar-refractivity contribution in [2.24, 2.45) is 0 Å². The Labute approximate surface area is 221 Å². The number of rotatable bonds is 7. The molecule has 7 nitrogen and oxygen atoms in total. The minimum atomic E-state index is -4.20. The molecular formula is C28H19FN2O5S2. The van der Waals surface area contributed by atoms with Gasteiger partial charge in [0.15, 0.2) is 0 Å². The third kappa shape index (κ3) is 5.46. The Morgan fingerprint density at radius 3 is 2.24 bits per heavy atom. The van der Waals surface area contributed by atoms with Crippen LogP contribution in [0.5, 0.6) is 0 Å². The van der Waals surface area contributed by atoms with Crippen LogP contribution in [0.2, 0.25) is 0 Å². The van der Waals surface area contributed by atoms with Crippen LogP contribution >= 0.6 is 11.8 Å². The quantitative estimate of drug-likeness (QED) is 0.233. The predicted octanol–water partition coefficient (Wildman–Crippen LogP) is 5.94. The summed E-state index contributed by atoms with van der Waals surface area (Å²) in [6, 6.07) is 25.2. The Bertz CT molecular complexity index is 1780. The molecule has 0 atom stereocenters. The van der Waals surface area contributed by atoms with Gasteiger partial charge in [0.05, 0.1) is 10.5 Å². The van der Waals surface area contributed by atoms with Gasteiger partial charge in [-0.1, -0.05) is 36.0 Å². The van der Waals surface area contributed by atoms with Crippen molar-refractivity contribution < 1.29 is 27.5 Å². The average Bonchev–Trinajstić information content (AvgIpc) is 3.34. The molecule has 5 rings (SSSR count). The highest BCUT2D eigenvalue weighted by Gasteiger charge is 2.21. The van der Waals surface area contributed by atoms with E-state index < -0.39 is 21.9 Å². The highest BCUT2D eigenvalue weighted by molar-refractivity contribution is 7.99. The summed E-state index contributed by atoms with van der Waals surface area (Å²) in [5, 5.41) is 9.78. The largest absolute Gasteiger partial charge is 0.478 e. The number of aromatic amines is 1. The van der Waals surface area contributed by atoms with E-state index in [-0.39, 0.29) is 22.0 Å². The van der Waals surface area contributed by atoms with Crippen molar-refractivity contribution >= 4 is 44.6 Å². The Hall–Kier alpha value is -4.41. The second kappa shape index (κ2) is 10.2. The molecule has 0 saturated carbocycles. The molecule has 1 heterocycles. The molecule has 0 fully saturated rings. The third-order valence-corrected chi connectivity index (χ3v) is 8.05. The number of hydrogen-bond acceptors (Lipinski definition) is 5. The minimum absolute atomic E-state index is 0.0768. The van der Waals surface area contributed by atoms with Crippen LogP contribution < -0.4 is 4.72 Å². The molecule has 1 aromatic heterocycles. The van der Waals surface area contributed by atoms with Crippen molar-refractivity contribution in [3.05, 3.63) is 114 Å². The van der Waals surface area contributed by atoms with E-state index >= 15 is 0 Å². The maximum absolute atomic E-state index is 13.2. The number of sulfonamides is 1. The Morgan fingerprint density at radius 1 is 0.816 bits per heavy atom. The fraction of sp³-hybridized carbons (Fsp3) is 0. The van der Waals surface area contributed by atoms with E-state index in [2.05, 4.69) is 9.71 Å². The van der Waals surface area contributed by atoms with E-state index in [4.69, 9.17) is 5.11 Å². The number of benzene rings is 4. The second-order valence-corrected chi connectivity index (χ2v) is 11.2. The number of H-pyrrole nitrogens is 1. The highest BCUT2D eigenvalue weighted by atomic mass is 32.2. The first-order valence-electron chi connectivity index (χ1n) is 11.3. The number of carboxylic acids is 1. The van der Waals surface area contributed by atoms with Crippen LogP contribution in [0, 0.1) is 5.82 Å². The predicted molar refractivity (Wildman–Crippen MR) is 142 cm³/mol. The number of aromatic carboxylic acids is 1. The van der Waals surface area contributed by atoms with Gasteiger partial charge in [-0.15, -0.1) is 0 Å². The molecule has 0 aliphatic heterocycles. The van der Waals surface area contributed by atoms with Crippen LogP contribution in [-0.4, -0.2) is 30.4 Å². The van der Waals surface area contributed by atoms with Crippen LogP contribution in [0.1, 0.15) is 20.8 Å². The number of fused-ring (bicyclic) bond motifs is 1. The molecule has 0 bridgehead atoms. The molecule has 0 aliphatic rings. The molecule has 3 N–H and O–H groups in total. The molecule has 0 saturated heterocycles. The number of halogens is 1. The van der Waals surface area contributed by atoms with E-state index in [1.165, 1.54) is 48.2 Å². The van der Waals surface area contributed by atoms with Gasteiger partial charge in [-0.2, -0.15) is 0 Å². The number of nitrogens with one attached hydrogen (secondary N) is 2. The van der Waals surface area contributed by atoms with E-state index in [1.807, 2.05) is 12.1 Å². The van der Waals surface area contributed by atoms with E-state index in [0.717, 1.165) is 9.79 Å². The summed E-state index contributed by atoms with van der Waals surface area (Å²) in [6.45, 7) is 0. The van der Waals surface area contributed by atoms with Gasteiger partial charge < -0.3 is 10.1 Å². The van der Waals surface area contributed by atoms with Crippen molar-refractivity contribution in [2.75, 3.05) is 0 Å². The maximum Gasteiger partial charge on any atom is 0.335 e. The summed E-state index contributed by atoms with van der Waals surface area (Å²) < 4.78 is 41.2. The molecule has 0 radical (unpaired) electrons. The van der Waals surface area contributed by atoms with Gasteiger partial charge in [0, 0.05) is 20.7 Å². The van der Waals surface area contributed by atoms with Gasteiger partial charge in [0.1, 0.15) is 11.5 Å². The lowest BCUT2D eigenvalue weighted by molar-refractivity contribution is 0.0696. The van der Waals surface area contributed by atoms with Gasteiger partial charge in [-0.3, -0.25) is 4.79 Å². The fourth-order valence-corrected chi connectivity index (χ4v) is 5.70. The zero-order chi connectivity index (χ0) is 26.9. The van der Waals surface area contributed by atoms with Crippen molar-refractivity contribution in [1.82, 2.24) is 9.71 Å². The molecule has 5 aromatic rings. The lowest BCUT2D eigenvalue weighted by Crippen LogP contribution is -2.30. The van der Waals surface area contributed by atoms with Crippen molar-refractivity contribution in [2.45, 2.75) is 14.7 Å². The third-order valence-electron chi connectivity index (χ3n) is 5.72. The summed E-state index contributed by atoms with van der Waals surface area (Å²) in [5.74, 6) is -2.19. The summed E-state index contributed by atoms with van der Waals surface area (Å²) in [7, 11) is -4.20. The molecule has 0 unspecified atom stereocenters. The zero-order valence-electron chi connectivity index (χ0n) is 19.5. The molecule has 190 valence electrons. The minimum Gasteiger partial charge on any atom is -0.478 e. The van der Waals surface area contributed by atoms with E-state index in [9.17, 15) is 22.4 Å². The van der Waals surface area contributed by atoms with E-state index in [0.29, 0.717) is 22.0 Å². The monoisotopic (exact) mass is 546 g/mol. The molecule has 1 amide bonds. The average molecular weight is 547 g/mol. The number of amides is 1. The lowest BCUT2D eigenvalue weighted by Gasteiger charge is -2.08. The number of carbonyl (C=O) groups is 2. The molecular weight excluding hydrogens is 527 g/mol. The van der Waals surface area contributed by atoms with Gasteiger partial charge >= 0.3 is 5.97 Å².